The minimum atomic E-state index is -0.351. The van der Waals surface area contributed by atoms with Crippen molar-refractivity contribution in [2.75, 3.05) is 14.2 Å². The molecule has 0 aliphatic heterocycles. The molecule has 2 rings (SSSR count). The second-order valence-electron chi connectivity index (χ2n) is 4.07. The highest BCUT2D eigenvalue weighted by atomic mass is 35.5. The summed E-state index contributed by atoms with van der Waals surface area (Å²) >= 11 is 14.4. The molecule has 0 aliphatic carbocycles. The summed E-state index contributed by atoms with van der Waals surface area (Å²) < 4.78 is 10.6. The van der Waals surface area contributed by atoms with E-state index < -0.39 is 0 Å². The maximum Gasteiger partial charge on any atom is 0.124 e. The Hall–Kier alpha value is -0.900. The molecular weight excluding hydrogens is 303 g/mol. The Morgan fingerprint density at radius 2 is 1.95 bits per heavy atom. The normalized spacial score (nSPS) is 12.3. The maximum atomic E-state index is 6.55. The Morgan fingerprint density at radius 3 is 2.47 bits per heavy atom. The summed E-state index contributed by atoms with van der Waals surface area (Å²) in [5.74, 6) is 1.47. The van der Waals surface area contributed by atoms with E-state index in [1.54, 1.807) is 25.6 Å². The van der Waals surface area contributed by atoms with Crippen molar-refractivity contribution in [1.82, 2.24) is 0 Å². The number of hydrogen-bond acceptors (Lipinski definition) is 3. The Morgan fingerprint density at radius 1 is 1.21 bits per heavy atom. The summed E-state index contributed by atoms with van der Waals surface area (Å²) in [5.41, 5.74) is 1.89. The van der Waals surface area contributed by atoms with Gasteiger partial charge < -0.3 is 9.47 Å². The van der Waals surface area contributed by atoms with E-state index in [9.17, 15) is 0 Å². The lowest BCUT2D eigenvalue weighted by molar-refractivity contribution is 0.399. The van der Waals surface area contributed by atoms with Crippen LogP contribution in [-0.2, 0) is 0 Å². The van der Waals surface area contributed by atoms with E-state index in [4.69, 9.17) is 32.7 Å². The molecule has 0 fully saturated rings. The highest BCUT2D eigenvalue weighted by Gasteiger charge is 2.21. The van der Waals surface area contributed by atoms with Crippen LogP contribution < -0.4 is 9.47 Å². The van der Waals surface area contributed by atoms with Crippen LogP contribution in [0.5, 0.6) is 11.5 Å². The molecule has 0 saturated heterocycles. The Balaban J connectivity index is 2.47. The first-order valence-electron chi connectivity index (χ1n) is 5.68. The third-order valence-corrected chi connectivity index (χ3v) is 5.23. The highest BCUT2D eigenvalue weighted by Crippen LogP contribution is 2.43. The Bertz CT molecular complexity index is 581. The van der Waals surface area contributed by atoms with Gasteiger partial charge in [-0.25, -0.2) is 0 Å². The van der Waals surface area contributed by atoms with Crippen molar-refractivity contribution in [3.05, 3.63) is 44.6 Å². The number of benzene rings is 1. The Kier molecular flexibility index (Phi) is 4.61. The van der Waals surface area contributed by atoms with Crippen LogP contribution >= 0.6 is 34.5 Å². The first-order chi connectivity index (χ1) is 9.08. The molecule has 0 saturated carbocycles. The lowest BCUT2D eigenvalue weighted by atomic mass is 10.1. The van der Waals surface area contributed by atoms with Crippen molar-refractivity contribution in [1.29, 1.82) is 0 Å². The van der Waals surface area contributed by atoms with E-state index >= 15 is 0 Å². The van der Waals surface area contributed by atoms with Crippen molar-refractivity contribution < 1.29 is 9.47 Å². The number of thiophene rings is 1. The predicted octanol–water partition coefficient (Wildman–Crippen LogP) is 5.06. The van der Waals surface area contributed by atoms with Gasteiger partial charge in [0.05, 0.1) is 24.6 Å². The number of hydrogen-bond donors (Lipinski definition) is 0. The molecule has 0 radical (unpaired) electrons. The molecule has 0 N–H and O–H groups in total. The molecule has 0 spiro atoms. The van der Waals surface area contributed by atoms with Crippen LogP contribution in [-0.4, -0.2) is 14.2 Å². The molecule has 2 nitrogen and oxygen atoms in total. The minimum Gasteiger partial charge on any atom is -0.497 e. The van der Waals surface area contributed by atoms with Gasteiger partial charge in [-0.2, -0.15) is 0 Å². The molecule has 0 bridgehead atoms. The zero-order valence-corrected chi connectivity index (χ0v) is 13.2. The van der Waals surface area contributed by atoms with Gasteiger partial charge in [0, 0.05) is 10.4 Å². The molecule has 102 valence electrons. The summed E-state index contributed by atoms with van der Waals surface area (Å²) in [7, 11) is 3.24. The average Bonchev–Trinajstić information content (AvgIpc) is 2.77. The van der Waals surface area contributed by atoms with Gasteiger partial charge in [-0.3, -0.25) is 0 Å². The molecule has 1 aromatic heterocycles. The van der Waals surface area contributed by atoms with E-state index in [2.05, 4.69) is 0 Å². The predicted molar refractivity (Wildman–Crippen MR) is 81.3 cm³/mol. The number of alkyl halides is 1. The third kappa shape index (κ3) is 2.83. The summed E-state index contributed by atoms with van der Waals surface area (Å²) in [4.78, 5) is 0.924. The second-order valence-corrected chi connectivity index (χ2v) is 5.79. The van der Waals surface area contributed by atoms with Crippen molar-refractivity contribution >= 4 is 34.5 Å². The molecule has 0 aliphatic rings. The van der Waals surface area contributed by atoms with Gasteiger partial charge in [0.15, 0.2) is 0 Å². The SMILES string of the molecule is COc1ccc(OC)c(C(Cl)c2scc(C)c2Cl)c1. The topological polar surface area (TPSA) is 18.5 Å². The van der Waals surface area contributed by atoms with Gasteiger partial charge in [0.1, 0.15) is 11.5 Å². The number of aryl methyl sites for hydroxylation is 1. The summed E-state index contributed by atoms with van der Waals surface area (Å²) in [6.45, 7) is 1.97. The smallest absolute Gasteiger partial charge is 0.124 e. The lowest BCUT2D eigenvalue weighted by Gasteiger charge is -2.14. The van der Waals surface area contributed by atoms with Gasteiger partial charge in [0.2, 0.25) is 0 Å². The molecule has 5 heteroatoms. The number of halogens is 2. The molecule has 0 amide bonds. The van der Waals surface area contributed by atoms with Crippen LogP contribution in [0.15, 0.2) is 23.6 Å². The molecule has 1 aromatic carbocycles. The van der Waals surface area contributed by atoms with Crippen molar-refractivity contribution in [3.8, 4) is 11.5 Å². The van der Waals surface area contributed by atoms with E-state index in [1.807, 2.05) is 30.5 Å². The fourth-order valence-electron chi connectivity index (χ4n) is 1.80. The number of rotatable bonds is 4. The lowest BCUT2D eigenvalue weighted by Crippen LogP contribution is -1.97. The van der Waals surface area contributed by atoms with E-state index in [-0.39, 0.29) is 5.38 Å². The molecular formula is C14H14Cl2O2S. The first-order valence-corrected chi connectivity index (χ1v) is 7.37. The molecule has 1 unspecified atom stereocenters. The van der Waals surface area contributed by atoms with Crippen molar-refractivity contribution in [3.63, 3.8) is 0 Å². The summed E-state index contributed by atoms with van der Waals surface area (Å²) in [6, 6.07) is 5.56. The largest absolute Gasteiger partial charge is 0.497 e. The zero-order valence-electron chi connectivity index (χ0n) is 10.9. The number of methoxy groups -OCH3 is 2. The fourth-order valence-corrected chi connectivity index (χ4v) is 3.58. The van der Waals surface area contributed by atoms with Gasteiger partial charge >= 0.3 is 0 Å². The molecule has 2 aromatic rings. The molecule has 19 heavy (non-hydrogen) atoms. The van der Waals surface area contributed by atoms with E-state index in [1.165, 1.54) is 0 Å². The van der Waals surface area contributed by atoms with Gasteiger partial charge in [-0.1, -0.05) is 11.6 Å². The van der Waals surface area contributed by atoms with E-state index in [0.29, 0.717) is 0 Å². The van der Waals surface area contributed by atoms with Gasteiger partial charge in [-0.15, -0.1) is 22.9 Å². The zero-order chi connectivity index (χ0) is 14.0. The van der Waals surface area contributed by atoms with Crippen LogP contribution in [0.2, 0.25) is 5.02 Å². The van der Waals surface area contributed by atoms with Crippen LogP contribution in [0, 0.1) is 6.92 Å². The van der Waals surface area contributed by atoms with Crippen LogP contribution in [0.3, 0.4) is 0 Å². The summed E-state index contributed by atoms with van der Waals surface area (Å²) in [6.07, 6.45) is 0. The third-order valence-electron chi connectivity index (χ3n) is 2.87. The first kappa shape index (κ1) is 14.5. The minimum absolute atomic E-state index is 0.351. The summed E-state index contributed by atoms with van der Waals surface area (Å²) in [5, 5.41) is 2.37. The quantitative estimate of drug-likeness (QED) is 0.734. The Labute approximate surface area is 126 Å². The van der Waals surface area contributed by atoms with Gasteiger partial charge in [0.25, 0.3) is 0 Å². The monoisotopic (exact) mass is 316 g/mol. The van der Waals surface area contributed by atoms with Gasteiger partial charge in [-0.05, 0) is 36.1 Å². The van der Waals surface area contributed by atoms with Crippen LogP contribution in [0.1, 0.15) is 21.4 Å². The number of ether oxygens (including phenoxy) is 2. The van der Waals surface area contributed by atoms with Crippen molar-refractivity contribution in [2.24, 2.45) is 0 Å². The molecule has 1 heterocycles. The van der Waals surface area contributed by atoms with Crippen LogP contribution in [0.25, 0.3) is 0 Å². The average molecular weight is 317 g/mol. The highest BCUT2D eigenvalue weighted by molar-refractivity contribution is 7.11. The van der Waals surface area contributed by atoms with Crippen molar-refractivity contribution in [2.45, 2.75) is 12.3 Å². The maximum absolute atomic E-state index is 6.55. The second kappa shape index (κ2) is 6.04. The van der Waals surface area contributed by atoms with E-state index in [0.717, 1.165) is 32.5 Å². The molecule has 1 atom stereocenters. The standard InChI is InChI=1S/C14H14Cl2O2S/c1-8-7-19-14(12(8)15)13(16)10-6-9(17-2)4-5-11(10)18-3/h4-7,13H,1-3H3. The fraction of sp³-hybridized carbons (Fsp3) is 0.286. The van der Waals surface area contributed by atoms with Crippen LogP contribution in [0.4, 0.5) is 0 Å².